The molecule has 1 heterocycles. The Bertz CT molecular complexity index is 463. The first kappa shape index (κ1) is 16.4. The topological polar surface area (TPSA) is 65.5 Å². The lowest BCUT2D eigenvalue weighted by Crippen LogP contribution is -2.39. The fourth-order valence-corrected chi connectivity index (χ4v) is 1.80. The van der Waals surface area contributed by atoms with Crippen molar-refractivity contribution in [2.75, 3.05) is 50.6 Å². The third-order valence-corrected chi connectivity index (χ3v) is 2.98. The normalized spacial score (nSPS) is 10.3. The Balaban J connectivity index is 2.87. The minimum atomic E-state index is 0.0282. The zero-order chi connectivity index (χ0) is 15.3. The van der Waals surface area contributed by atoms with Crippen LogP contribution in [0.2, 0.25) is 5.28 Å². The Labute approximate surface area is 124 Å². The molecule has 20 heavy (non-hydrogen) atoms. The first-order chi connectivity index (χ1) is 9.38. The van der Waals surface area contributed by atoms with Gasteiger partial charge in [-0.25, -0.2) is 0 Å². The number of aromatic nitrogens is 3. The third kappa shape index (κ3) is 4.19. The monoisotopic (exact) mass is 300 g/mol. The van der Waals surface area contributed by atoms with Gasteiger partial charge in [-0.1, -0.05) is 0 Å². The van der Waals surface area contributed by atoms with Gasteiger partial charge in [0.15, 0.2) is 0 Å². The predicted molar refractivity (Wildman–Crippen MR) is 80.4 cm³/mol. The lowest BCUT2D eigenvalue weighted by atomic mass is 10.4. The Morgan fingerprint density at radius 2 is 1.60 bits per heavy atom. The standard InChI is InChI=1S/C12H21ClN6O/c1-6-19(7-2)9(20)8-18(5)12-15-10(13)14-11(16-12)17(3)4/h6-8H2,1-5H3. The van der Waals surface area contributed by atoms with Crippen molar-refractivity contribution in [2.45, 2.75) is 13.8 Å². The van der Waals surface area contributed by atoms with Crippen LogP contribution in [0.15, 0.2) is 0 Å². The van der Waals surface area contributed by atoms with E-state index in [1.165, 1.54) is 0 Å². The summed E-state index contributed by atoms with van der Waals surface area (Å²) in [5.74, 6) is 0.872. The summed E-state index contributed by atoms with van der Waals surface area (Å²) in [6.07, 6.45) is 0. The van der Waals surface area contributed by atoms with Gasteiger partial charge in [0.1, 0.15) is 0 Å². The first-order valence-corrected chi connectivity index (χ1v) is 6.84. The molecule has 0 aliphatic heterocycles. The van der Waals surface area contributed by atoms with Gasteiger partial charge in [0.05, 0.1) is 6.54 Å². The molecular formula is C12H21ClN6O. The molecule has 0 N–H and O–H groups in total. The van der Waals surface area contributed by atoms with Crippen LogP contribution < -0.4 is 9.80 Å². The average Bonchev–Trinajstić information content (AvgIpc) is 2.39. The maximum atomic E-state index is 12.1. The largest absolute Gasteiger partial charge is 0.347 e. The molecular weight excluding hydrogens is 280 g/mol. The number of nitrogens with zero attached hydrogens (tertiary/aromatic N) is 6. The molecule has 0 unspecified atom stereocenters. The van der Waals surface area contributed by atoms with Crippen LogP contribution in [0.5, 0.6) is 0 Å². The number of anilines is 2. The number of halogens is 1. The number of hydrogen-bond donors (Lipinski definition) is 0. The predicted octanol–water partition coefficient (Wildman–Crippen LogP) is 0.896. The van der Waals surface area contributed by atoms with E-state index in [-0.39, 0.29) is 17.7 Å². The minimum Gasteiger partial charge on any atom is -0.347 e. The van der Waals surface area contributed by atoms with Crippen molar-refractivity contribution >= 4 is 29.4 Å². The average molecular weight is 301 g/mol. The number of amides is 1. The van der Waals surface area contributed by atoms with Crippen LogP contribution in [-0.4, -0.2) is 66.5 Å². The molecule has 0 bridgehead atoms. The van der Waals surface area contributed by atoms with Crippen LogP contribution >= 0.6 is 11.6 Å². The summed E-state index contributed by atoms with van der Waals surface area (Å²) in [6, 6.07) is 0. The zero-order valence-corrected chi connectivity index (χ0v) is 13.3. The van der Waals surface area contributed by atoms with Gasteiger partial charge in [0.25, 0.3) is 0 Å². The van der Waals surface area contributed by atoms with Gasteiger partial charge in [-0.15, -0.1) is 0 Å². The fourth-order valence-electron chi connectivity index (χ4n) is 1.65. The molecule has 1 aromatic heterocycles. The fraction of sp³-hybridized carbons (Fsp3) is 0.667. The van der Waals surface area contributed by atoms with Crippen LogP contribution in [0.4, 0.5) is 11.9 Å². The molecule has 7 nitrogen and oxygen atoms in total. The quantitative estimate of drug-likeness (QED) is 0.777. The molecule has 0 atom stereocenters. The van der Waals surface area contributed by atoms with Crippen molar-refractivity contribution in [1.82, 2.24) is 19.9 Å². The summed E-state index contributed by atoms with van der Waals surface area (Å²) in [4.78, 5) is 29.6. The summed E-state index contributed by atoms with van der Waals surface area (Å²) in [5.41, 5.74) is 0. The smallest absolute Gasteiger partial charge is 0.242 e. The van der Waals surface area contributed by atoms with E-state index in [1.54, 1.807) is 21.7 Å². The van der Waals surface area contributed by atoms with Crippen LogP contribution in [0, 0.1) is 0 Å². The SMILES string of the molecule is CCN(CC)C(=O)CN(C)c1nc(Cl)nc(N(C)C)n1. The maximum Gasteiger partial charge on any atom is 0.242 e. The van der Waals surface area contributed by atoms with Gasteiger partial charge in [0, 0.05) is 34.2 Å². The first-order valence-electron chi connectivity index (χ1n) is 6.46. The molecule has 0 spiro atoms. The highest BCUT2D eigenvalue weighted by molar-refractivity contribution is 6.28. The Kier molecular flexibility index (Phi) is 5.94. The molecule has 1 aromatic rings. The molecule has 0 radical (unpaired) electrons. The molecule has 0 saturated carbocycles. The maximum absolute atomic E-state index is 12.1. The van der Waals surface area contributed by atoms with Crippen molar-refractivity contribution in [3.8, 4) is 0 Å². The minimum absolute atomic E-state index is 0.0282. The summed E-state index contributed by atoms with van der Waals surface area (Å²) in [7, 11) is 5.39. The van der Waals surface area contributed by atoms with Crippen molar-refractivity contribution in [1.29, 1.82) is 0 Å². The molecule has 112 valence electrons. The molecule has 0 aliphatic carbocycles. The van der Waals surface area contributed by atoms with E-state index < -0.39 is 0 Å². The third-order valence-electron chi connectivity index (χ3n) is 2.81. The van der Waals surface area contributed by atoms with Crippen LogP contribution in [0.1, 0.15) is 13.8 Å². The number of carbonyl (C=O) groups excluding carboxylic acids is 1. The molecule has 0 fully saturated rings. The van der Waals surface area contributed by atoms with E-state index in [0.717, 1.165) is 0 Å². The second-order valence-electron chi connectivity index (χ2n) is 4.52. The van der Waals surface area contributed by atoms with E-state index in [0.29, 0.717) is 25.0 Å². The van der Waals surface area contributed by atoms with Crippen molar-refractivity contribution in [2.24, 2.45) is 0 Å². The van der Waals surface area contributed by atoms with Gasteiger partial charge >= 0.3 is 0 Å². The summed E-state index contributed by atoms with van der Waals surface area (Å²) >= 11 is 5.88. The zero-order valence-electron chi connectivity index (χ0n) is 12.6. The highest BCUT2D eigenvalue weighted by Gasteiger charge is 2.16. The van der Waals surface area contributed by atoms with Gasteiger partial charge < -0.3 is 14.7 Å². The molecule has 1 rings (SSSR count). The van der Waals surface area contributed by atoms with E-state index in [1.807, 2.05) is 27.9 Å². The van der Waals surface area contributed by atoms with Gasteiger partial charge in [-0.3, -0.25) is 4.79 Å². The second kappa shape index (κ2) is 7.23. The number of likely N-dealkylation sites (N-methyl/N-ethyl adjacent to an activating group) is 2. The van der Waals surface area contributed by atoms with Crippen molar-refractivity contribution in [3.05, 3.63) is 5.28 Å². The molecule has 8 heteroatoms. The lowest BCUT2D eigenvalue weighted by molar-refractivity contribution is -0.129. The lowest BCUT2D eigenvalue weighted by Gasteiger charge is -2.23. The summed E-state index contributed by atoms with van der Waals surface area (Å²) < 4.78 is 0. The number of hydrogen-bond acceptors (Lipinski definition) is 6. The molecule has 0 aromatic carbocycles. The number of carbonyl (C=O) groups is 1. The Morgan fingerprint density at radius 3 is 2.10 bits per heavy atom. The van der Waals surface area contributed by atoms with Crippen molar-refractivity contribution in [3.63, 3.8) is 0 Å². The van der Waals surface area contributed by atoms with Gasteiger partial charge in [-0.2, -0.15) is 15.0 Å². The molecule has 0 aliphatic rings. The molecule has 0 saturated heterocycles. The summed E-state index contributed by atoms with van der Waals surface area (Å²) in [6.45, 7) is 5.47. The van der Waals surface area contributed by atoms with Crippen LogP contribution in [0.3, 0.4) is 0 Å². The van der Waals surface area contributed by atoms with Gasteiger partial charge in [0.2, 0.25) is 23.1 Å². The van der Waals surface area contributed by atoms with Crippen LogP contribution in [0.25, 0.3) is 0 Å². The van der Waals surface area contributed by atoms with Crippen LogP contribution in [-0.2, 0) is 4.79 Å². The second-order valence-corrected chi connectivity index (χ2v) is 4.86. The Hall–Kier alpha value is -1.63. The highest BCUT2D eigenvalue weighted by atomic mass is 35.5. The molecule has 1 amide bonds. The highest BCUT2D eigenvalue weighted by Crippen LogP contribution is 2.14. The van der Waals surface area contributed by atoms with Gasteiger partial charge in [-0.05, 0) is 25.4 Å². The van der Waals surface area contributed by atoms with E-state index in [4.69, 9.17) is 11.6 Å². The number of rotatable bonds is 6. The van der Waals surface area contributed by atoms with E-state index >= 15 is 0 Å². The van der Waals surface area contributed by atoms with E-state index in [2.05, 4.69) is 15.0 Å². The van der Waals surface area contributed by atoms with E-state index in [9.17, 15) is 4.79 Å². The summed E-state index contributed by atoms with van der Waals surface area (Å²) in [5, 5.41) is 0.112. The van der Waals surface area contributed by atoms with Crippen molar-refractivity contribution < 1.29 is 4.79 Å². The Morgan fingerprint density at radius 1 is 1.05 bits per heavy atom.